The summed E-state index contributed by atoms with van der Waals surface area (Å²) < 4.78 is 0. The molecule has 0 radical (unpaired) electrons. The van der Waals surface area contributed by atoms with Gasteiger partial charge in [0.1, 0.15) is 0 Å². The van der Waals surface area contributed by atoms with Crippen molar-refractivity contribution in [2.24, 2.45) is 5.92 Å². The lowest BCUT2D eigenvalue weighted by atomic mass is 10.1. The molecule has 1 unspecified atom stereocenters. The number of halogens is 1. The standard InChI is InChI=1S/C12H20ClN5O/c1-2-5-14-11-15-10(13)16-12(17-11)18-6-3-9(8-18)4-7-19/h9,19H,2-8H2,1H3,(H,14,15,16,17). The molecule has 1 aromatic rings. The predicted octanol–water partition coefficient (Wildman–Crippen LogP) is 1.56. The lowest BCUT2D eigenvalue weighted by molar-refractivity contribution is 0.263. The molecule has 0 aliphatic carbocycles. The van der Waals surface area contributed by atoms with Crippen LogP contribution in [0.2, 0.25) is 5.28 Å². The second kappa shape index (κ2) is 6.86. The minimum atomic E-state index is 0.217. The van der Waals surface area contributed by atoms with Crippen LogP contribution in [0, 0.1) is 5.92 Å². The van der Waals surface area contributed by atoms with Crippen LogP contribution in [0.5, 0.6) is 0 Å². The molecule has 0 spiro atoms. The van der Waals surface area contributed by atoms with E-state index in [4.69, 9.17) is 16.7 Å². The Morgan fingerprint density at radius 3 is 3.00 bits per heavy atom. The highest BCUT2D eigenvalue weighted by atomic mass is 35.5. The summed E-state index contributed by atoms with van der Waals surface area (Å²) in [6.45, 7) is 4.90. The van der Waals surface area contributed by atoms with Crippen molar-refractivity contribution in [1.29, 1.82) is 0 Å². The maximum atomic E-state index is 8.98. The van der Waals surface area contributed by atoms with E-state index in [0.717, 1.165) is 38.9 Å². The van der Waals surface area contributed by atoms with E-state index in [-0.39, 0.29) is 11.9 Å². The van der Waals surface area contributed by atoms with Gasteiger partial charge in [-0.3, -0.25) is 0 Å². The van der Waals surface area contributed by atoms with Gasteiger partial charge in [-0.05, 0) is 36.8 Å². The van der Waals surface area contributed by atoms with Crippen LogP contribution in [-0.2, 0) is 0 Å². The number of aliphatic hydroxyl groups excluding tert-OH is 1. The van der Waals surface area contributed by atoms with Crippen molar-refractivity contribution in [3.8, 4) is 0 Å². The second-order valence-corrected chi connectivity index (χ2v) is 5.11. The molecule has 0 amide bonds. The average molecular weight is 286 g/mol. The summed E-state index contributed by atoms with van der Waals surface area (Å²) in [7, 11) is 0. The van der Waals surface area contributed by atoms with Crippen molar-refractivity contribution in [2.75, 3.05) is 36.5 Å². The fourth-order valence-electron chi connectivity index (χ4n) is 2.23. The van der Waals surface area contributed by atoms with Crippen molar-refractivity contribution < 1.29 is 5.11 Å². The van der Waals surface area contributed by atoms with Crippen LogP contribution < -0.4 is 10.2 Å². The fourth-order valence-corrected chi connectivity index (χ4v) is 2.39. The summed E-state index contributed by atoms with van der Waals surface area (Å²) in [5.41, 5.74) is 0. The average Bonchev–Trinajstić information content (AvgIpc) is 2.85. The molecule has 2 heterocycles. The molecule has 0 saturated carbocycles. The van der Waals surface area contributed by atoms with Gasteiger partial charge in [-0.15, -0.1) is 0 Å². The molecular weight excluding hydrogens is 266 g/mol. The van der Waals surface area contributed by atoms with E-state index in [1.807, 2.05) is 0 Å². The molecule has 19 heavy (non-hydrogen) atoms. The van der Waals surface area contributed by atoms with E-state index in [0.29, 0.717) is 17.8 Å². The third-order valence-electron chi connectivity index (χ3n) is 3.24. The summed E-state index contributed by atoms with van der Waals surface area (Å²) in [4.78, 5) is 14.7. The van der Waals surface area contributed by atoms with Crippen LogP contribution in [0.3, 0.4) is 0 Å². The summed E-state index contributed by atoms with van der Waals surface area (Å²) >= 11 is 5.94. The minimum absolute atomic E-state index is 0.217. The topological polar surface area (TPSA) is 74.2 Å². The van der Waals surface area contributed by atoms with Gasteiger partial charge in [0.15, 0.2) is 0 Å². The Kier molecular flexibility index (Phi) is 5.15. The Morgan fingerprint density at radius 1 is 1.42 bits per heavy atom. The van der Waals surface area contributed by atoms with Gasteiger partial charge in [0, 0.05) is 26.2 Å². The van der Waals surface area contributed by atoms with Gasteiger partial charge < -0.3 is 15.3 Å². The Morgan fingerprint density at radius 2 is 2.26 bits per heavy atom. The second-order valence-electron chi connectivity index (χ2n) is 4.77. The summed E-state index contributed by atoms with van der Waals surface area (Å²) in [6, 6.07) is 0. The van der Waals surface area contributed by atoms with Crippen LogP contribution in [0.25, 0.3) is 0 Å². The third kappa shape index (κ3) is 3.91. The van der Waals surface area contributed by atoms with Crippen molar-refractivity contribution >= 4 is 23.5 Å². The first kappa shape index (κ1) is 14.3. The molecule has 2 N–H and O–H groups in total. The van der Waals surface area contributed by atoms with Gasteiger partial charge in [-0.1, -0.05) is 6.92 Å². The molecule has 1 atom stereocenters. The number of aliphatic hydroxyl groups is 1. The van der Waals surface area contributed by atoms with Crippen LogP contribution in [-0.4, -0.2) is 46.3 Å². The lowest BCUT2D eigenvalue weighted by Gasteiger charge is -2.17. The normalized spacial score (nSPS) is 18.9. The van der Waals surface area contributed by atoms with Crippen molar-refractivity contribution in [2.45, 2.75) is 26.2 Å². The smallest absolute Gasteiger partial charge is 0.231 e. The van der Waals surface area contributed by atoms with Crippen molar-refractivity contribution in [1.82, 2.24) is 15.0 Å². The predicted molar refractivity (Wildman–Crippen MR) is 75.6 cm³/mol. The van der Waals surface area contributed by atoms with Crippen LogP contribution >= 0.6 is 11.6 Å². The highest BCUT2D eigenvalue weighted by molar-refractivity contribution is 6.28. The molecule has 7 heteroatoms. The maximum absolute atomic E-state index is 8.98. The van der Waals surface area contributed by atoms with Crippen LogP contribution in [0.1, 0.15) is 26.2 Å². The molecule has 1 aliphatic rings. The molecule has 1 saturated heterocycles. The van der Waals surface area contributed by atoms with E-state index in [1.165, 1.54) is 0 Å². The Bertz CT molecular complexity index is 417. The summed E-state index contributed by atoms with van der Waals surface area (Å²) in [5, 5.41) is 12.3. The first-order valence-electron chi connectivity index (χ1n) is 6.74. The first-order valence-corrected chi connectivity index (χ1v) is 7.12. The van der Waals surface area contributed by atoms with E-state index in [9.17, 15) is 0 Å². The molecule has 1 aliphatic heterocycles. The monoisotopic (exact) mass is 285 g/mol. The van der Waals surface area contributed by atoms with Gasteiger partial charge >= 0.3 is 0 Å². The van der Waals surface area contributed by atoms with Crippen LogP contribution in [0.15, 0.2) is 0 Å². The number of rotatable bonds is 6. The SMILES string of the molecule is CCCNc1nc(Cl)nc(N2CCC(CCO)C2)n1. The third-order valence-corrected chi connectivity index (χ3v) is 3.40. The number of anilines is 2. The molecular formula is C12H20ClN5O. The Balaban J connectivity index is 2.05. The molecule has 1 fully saturated rings. The van der Waals surface area contributed by atoms with Crippen LogP contribution in [0.4, 0.5) is 11.9 Å². The van der Waals surface area contributed by atoms with Gasteiger partial charge in [0.05, 0.1) is 0 Å². The summed E-state index contributed by atoms with van der Waals surface area (Å²) in [5.74, 6) is 1.66. The Labute approximate surface area is 118 Å². The largest absolute Gasteiger partial charge is 0.396 e. The van der Waals surface area contributed by atoms with Crippen molar-refractivity contribution in [3.05, 3.63) is 5.28 Å². The number of hydrogen-bond acceptors (Lipinski definition) is 6. The lowest BCUT2D eigenvalue weighted by Crippen LogP contribution is -2.23. The molecule has 6 nitrogen and oxygen atoms in total. The van der Waals surface area contributed by atoms with E-state index >= 15 is 0 Å². The van der Waals surface area contributed by atoms with Crippen molar-refractivity contribution in [3.63, 3.8) is 0 Å². The fraction of sp³-hybridized carbons (Fsp3) is 0.750. The van der Waals surface area contributed by atoms with Gasteiger partial charge in [-0.25, -0.2) is 0 Å². The van der Waals surface area contributed by atoms with E-state index in [1.54, 1.807) is 0 Å². The Hall–Kier alpha value is -1.14. The highest BCUT2D eigenvalue weighted by Crippen LogP contribution is 2.24. The maximum Gasteiger partial charge on any atom is 0.231 e. The molecule has 2 rings (SSSR count). The zero-order valence-corrected chi connectivity index (χ0v) is 11.9. The molecule has 0 aromatic carbocycles. The number of aromatic nitrogens is 3. The number of nitrogens with zero attached hydrogens (tertiary/aromatic N) is 4. The zero-order valence-electron chi connectivity index (χ0n) is 11.1. The molecule has 0 bridgehead atoms. The van der Waals surface area contributed by atoms with Gasteiger partial charge in [-0.2, -0.15) is 15.0 Å². The zero-order chi connectivity index (χ0) is 13.7. The summed E-state index contributed by atoms with van der Waals surface area (Å²) in [6.07, 6.45) is 2.89. The molecule has 1 aromatic heterocycles. The van der Waals surface area contributed by atoms with E-state index < -0.39 is 0 Å². The first-order chi connectivity index (χ1) is 9.22. The number of nitrogens with one attached hydrogen (secondary N) is 1. The number of hydrogen-bond donors (Lipinski definition) is 2. The highest BCUT2D eigenvalue weighted by Gasteiger charge is 2.24. The van der Waals surface area contributed by atoms with Gasteiger partial charge in [0.2, 0.25) is 17.2 Å². The van der Waals surface area contributed by atoms with Gasteiger partial charge in [0.25, 0.3) is 0 Å². The quantitative estimate of drug-likeness (QED) is 0.826. The molecule has 106 valence electrons. The van der Waals surface area contributed by atoms with E-state index in [2.05, 4.69) is 32.1 Å². The minimum Gasteiger partial charge on any atom is -0.396 e.